The first-order chi connectivity index (χ1) is 16.3. The number of carboxylic acid groups (broad SMARTS) is 1. The van der Waals surface area contributed by atoms with Crippen LogP contribution in [0.2, 0.25) is 0 Å². The predicted molar refractivity (Wildman–Crippen MR) is 130 cm³/mol. The molecule has 0 aromatic heterocycles. The van der Waals surface area contributed by atoms with E-state index in [2.05, 4.69) is 6.92 Å². The van der Waals surface area contributed by atoms with Gasteiger partial charge < -0.3 is 24.8 Å². The van der Waals surface area contributed by atoms with Crippen LogP contribution in [0.5, 0.6) is 23.0 Å². The topological polar surface area (TPSA) is 113 Å². The number of hydrogen-bond acceptors (Lipinski definition) is 6. The molecular weight excluding hydrogens is 436 g/mol. The first-order valence-electron chi connectivity index (χ1n) is 12.0. The zero-order valence-electron chi connectivity index (χ0n) is 20.4. The summed E-state index contributed by atoms with van der Waals surface area (Å²) in [5.41, 5.74) is 0.883. The van der Waals surface area contributed by atoms with Gasteiger partial charge in [0.2, 0.25) is 0 Å². The Balaban J connectivity index is 2.32. The van der Waals surface area contributed by atoms with Crippen LogP contribution in [-0.4, -0.2) is 34.4 Å². The highest BCUT2D eigenvalue weighted by Crippen LogP contribution is 2.33. The largest absolute Gasteiger partial charge is 0.507 e. The van der Waals surface area contributed by atoms with Crippen molar-refractivity contribution in [1.82, 2.24) is 0 Å². The maximum Gasteiger partial charge on any atom is 0.347 e. The van der Waals surface area contributed by atoms with Gasteiger partial charge in [-0.05, 0) is 48.9 Å². The summed E-state index contributed by atoms with van der Waals surface area (Å²) in [4.78, 5) is 24.7. The van der Waals surface area contributed by atoms with E-state index in [1.807, 2.05) is 6.92 Å². The molecule has 0 unspecified atom stereocenters. The number of carboxylic acids is 1. The van der Waals surface area contributed by atoms with Crippen molar-refractivity contribution in [1.29, 1.82) is 0 Å². The summed E-state index contributed by atoms with van der Waals surface area (Å²) < 4.78 is 10.8. The van der Waals surface area contributed by atoms with Gasteiger partial charge in [-0.2, -0.15) is 0 Å². The fraction of sp³-hybridized carbons (Fsp3) is 0.481. The van der Waals surface area contributed by atoms with Crippen LogP contribution < -0.4 is 9.47 Å². The zero-order chi connectivity index (χ0) is 25.1. The Morgan fingerprint density at radius 2 is 1.24 bits per heavy atom. The molecule has 7 nitrogen and oxygen atoms in total. The lowest BCUT2D eigenvalue weighted by molar-refractivity contribution is 0.0692. The van der Waals surface area contributed by atoms with Crippen molar-refractivity contribution in [3.05, 3.63) is 46.5 Å². The van der Waals surface area contributed by atoms with Crippen molar-refractivity contribution < 1.29 is 34.4 Å². The number of methoxy groups -OCH3 is 1. The van der Waals surface area contributed by atoms with Crippen molar-refractivity contribution in [2.75, 3.05) is 7.11 Å². The lowest BCUT2D eigenvalue weighted by atomic mass is 9.98. The molecule has 2 rings (SSSR count). The average molecular weight is 473 g/mol. The number of aromatic carboxylic acids is 1. The Bertz CT molecular complexity index is 981. The van der Waals surface area contributed by atoms with Crippen molar-refractivity contribution in [2.24, 2.45) is 0 Å². The molecule has 34 heavy (non-hydrogen) atoms. The van der Waals surface area contributed by atoms with Crippen molar-refractivity contribution in [3.63, 3.8) is 0 Å². The summed E-state index contributed by atoms with van der Waals surface area (Å²) >= 11 is 0. The molecule has 0 radical (unpaired) electrons. The molecule has 3 N–H and O–H groups in total. The molecule has 2 aromatic carbocycles. The number of phenols is 2. The van der Waals surface area contributed by atoms with Gasteiger partial charge in [0, 0.05) is 12.1 Å². The lowest BCUT2D eigenvalue weighted by Gasteiger charge is -2.15. The third-order valence-electron chi connectivity index (χ3n) is 5.81. The maximum atomic E-state index is 13.1. The molecule has 2 aromatic rings. The van der Waals surface area contributed by atoms with Crippen LogP contribution in [0.25, 0.3) is 0 Å². The van der Waals surface area contributed by atoms with Gasteiger partial charge in [0.25, 0.3) is 0 Å². The predicted octanol–water partition coefficient (Wildman–Crippen LogP) is 6.27. The van der Waals surface area contributed by atoms with Crippen LogP contribution in [0.4, 0.5) is 0 Å². The van der Waals surface area contributed by atoms with Gasteiger partial charge in [0.05, 0.1) is 7.11 Å². The van der Waals surface area contributed by atoms with E-state index in [0.29, 0.717) is 29.7 Å². The number of carbonyl (C=O) groups excluding carboxylic acids is 1. The second-order valence-electron chi connectivity index (χ2n) is 8.47. The summed E-state index contributed by atoms with van der Waals surface area (Å²) in [6.07, 6.45) is 8.85. The Morgan fingerprint density at radius 1 is 0.735 bits per heavy atom. The highest BCUT2D eigenvalue weighted by atomic mass is 16.5. The Kier molecular flexibility index (Phi) is 10.7. The summed E-state index contributed by atoms with van der Waals surface area (Å²) in [5, 5.41) is 30.4. The summed E-state index contributed by atoms with van der Waals surface area (Å²) in [7, 11) is 1.49. The molecule has 0 fully saturated rings. The quantitative estimate of drug-likeness (QED) is 0.169. The number of phenolic OH excluding ortho intramolecular Hbond substituents is 1. The van der Waals surface area contributed by atoms with E-state index >= 15 is 0 Å². The van der Waals surface area contributed by atoms with Crippen LogP contribution in [-0.2, 0) is 12.8 Å². The molecule has 0 aliphatic rings. The van der Waals surface area contributed by atoms with Crippen molar-refractivity contribution in [3.8, 4) is 23.0 Å². The van der Waals surface area contributed by atoms with Crippen molar-refractivity contribution in [2.45, 2.75) is 78.1 Å². The fourth-order valence-electron chi connectivity index (χ4n) is 4.01. The van der Waals surface area contributed by atoms with Crippen LogP contribution in [0, 0.1) is 0 Å². The molecule has 0 aliphatic heterocycles. The smallest absolute Gasteiger partial charge is 0.347 e. The van der Waals surface area contributed by atoms with Gasteiger partial charge in [-0.25, -0.2) is 9.59 Å². The van der Waals surface area contributed by atoms with E-state index in [-0.39, 0.29) is 22.6 Å². The van der Waals surface area contributed by atoms with Crippen LogP contribution in [0.15, 0.2) is 24.3 Å². The molecule has 0 saturated carbocycles. The van der Waals surface area contributed by atoms with E-state index in [1.54, 1.807) is 6.07 Å². The van der Waals surface area contributed by atoms with E-state index in [9.17, 15) is 24.9 Å². The van der Waals surface area contributed by atoms with E-state index in [4.69, 9.17) is 9.47 Å². The van der Waals surface area contributed by atoms with Gasteiger partial charge in [-0.15, -0.1) is 0 Å². The minimum Gasteiger partial charge on any atom is -0.507 e. The fourth-order valence-corrected chi connectivity index (χ4v) is 4.01. The van der Waals surface area contributed by atoms with E-state index in [1.165, 1.54) is 19.2 Å². The number of carbonyl (C=O) groups is 2. The minimum atomic E-state index is -1.24. The second kappa shape index (κ2) is 13.5. The highest BCUT2D eigenvalue weighted by molar-refractivity contribution is 5.96. The van der Waals surface area contributed by atoms with Gasteiger partial charge in [-0.1, -0.05) is 52.4 Å². The number of rotatable bonds is 14. The molecule has 0 amide bonds. The van der Waals surface area contributed by atoms with Crippen LogP contribution in [0.1, 0.15) is 97.1 Å². The van der Waals surface area contributed by atoms with Crippen LogP contribution in [0.3, 0.4) is 0 Å². The molecule has 0 atom stereocenters. The van der Waals surface area contributed by atoms with Gasteiger partial charge in [0.15, 0.2) is 0 Å². The van der Waals surface area contributed by atoms with Gasteiger partial charge >= 0.3 is 11.9 Å². The third-order valence-corrected chi connectivity index (χ3v) is 5.81. The Hall–Kier alpha value is -3.22. The van der Waals surface area contributed by atoms with Gasteiger partial charge in [-0.3, -0.25) is 0 Å². The number of hydrogen-bond donors (Lipinski definition) is 3. The first-order valence-corrected chi connectivity index (χ1v) is 12.0. The van der Waals surface area contributed by atoms with Gasteiger partial charge in [0.1, 0.15) is 34.1 Å². The molecule has 0 spiro atoms. The molecular formula is C27H36O7. The number of benzene rings is 2. The first kappa shape index (κ1) is 27.0. The third kappa shape index (κ3) is 7.40. The molecule has 186 valence electrons. The summed E-state index contributed by atoms with van der Waals surface area (Å²) in [6, 6.07) is 5.67. The molecule has 0 heterocycles. The number of aromatic hydroxyl groups is 2. The molecule has 0 aliphatic carbocycles. The molecule has 0 saturated heterocycles. The summed E-state index contributed by atoms with van der Waals surface area (Å²) in [5.74, 6) is -2.24. The molecule has 0 bridgehead atoms. The Labute approximate surface area is 201 Å². The monoisotopic (exact) mass is 472 g/mol. The second-order valence-corrected chi connectivity index (χ2v) is 8.47. The number of ether oxygens (including phenoxy) is 2. The Morgan fingerprint density at radius 3 is 1.85 bits per heavy atom. The van der Waals surface area contributed by atoms with E-state index in [0.717, 1.165) is 57.4 Å². The maximum absolute atomic E-state index is 13.1. The van der Waals surface area contributed by atoms with E-state index < -0.39 is 17.7 Å². The average Bonchev–Trinajstić information content (AvgIpc) is 2.78. The number of unbranched alkanes of at least 4 members (excludes halogenated alkanes) is 6. The number of esters is 1. The number of aryl methyl sites for hydroxylation is 2. The van der Waals surface area contributed by atoms with Crippen molar-refractivity contribution >= 4 is 11.9 Å². The normalized spacial score (nSPS) is 10.8. The lowest BCUT2D eigenvalue weighted by Crippen LogP contribution is -2.13. The summed E-state index contributed by atoms with van der Waals surface area (Å²) in [6.45, 7) is 4.18. The molecule has 7 heteroatoms. The minimum absolute atomic E-state index is 0.0307. The highest BCUT2D eigenvalue weighted by Gasteiger charge is 2.23. The standard InChI is InChI=1S/C27H36O7/c1-4-6-8-9-11-13-19-14-20(33-3)16-23(29)25(19)27(32)34-21-15-18(12-10-7-5-2)24(26(30)31)22(28)17-21/h14-17,28-29H,4-13H2,1-3H3,(H,30,31). The van der Waals surface area contributed by atoms with Crippen LogP contribution >= 0.6 is 0 Å². The zero-order valence-corrected chi connectivity index (χ0v) is 20.4. The SMILES string of the molecule is CCCCCCCc1cc(OC)cc(O)c1C(=O)Oc1cc(O)c(C(=O)O)c(CCCCC)c1.